The fourth-order valence-corrected chi connectivity index (χ4v) is 3.51. The molecule has 3 N–H and O–H groups in total. The topological polar surface area (TPSA) is 107 Å². The Labute approximate surface area is 151 Å². The second-order valence-corrected chi connectivity index (χ2v) is 6.25. The first-order valence-corrected chi connectivity index (χ1v) is 8.15. The summed E-state index contributed by atoms with van der Waals surface area (Å²) < 4.78 is 5.47. The highest BCUT2D eigenvalue weighted by Gasteiger charge is 2.41. The van der Waals surface area contributed by atoms with E-state index in [0.717, 1.165) is 10.9 Å². The van der Waals surface area contributed by atoms with E-state index in [1.807, 2.05) is 24.3 Å². The monoisotopic (exact) mass is 360 g/mol. The quantitative estimate of drug-likeness (QED) is 0.376. The summed E-state index contributed by atoms with van der Waals surface area (Å²) in [5, 5.41) is 21.1. The number of aromatic hydroxyl groups is 1. The van der Waals surface area contributed by atoms with Crippen molar-refractivity contribution in [1.29, 1.82) is 0 Å². The van der Waals surface area contributed by atoms with Gasteiger partial charge in [-0.3, -0.25) is 14.8 Å². The van der Waals surface area contributed by atoms with Gasteiger partial charge in [0.2, 0.25) is 0 Å². The molecule has 1 aliphatic rings. The number of para-hydroxylation sites is 1. The number of phenols is 1. The minimum absolute atomic E-state index is 0.00276. The lowest BCUT2D eigenvalue weighted by Crippen LogP contribution is -2.27. The first-order chi connectivity index (χ1) is 13.1. The van der Waals surface area contributed by atoms with Crippen LogP contribution in [-0.2, 0) is 9.59 Å². The van der Waals surface area contributed by atoms with Gasteiger partial charge in [-0.1, -0.05) is 18.2 Å². The van der Waals surface area contributed by atoms with Crippen molar-refractivity contribution in [2.24, 2.45) is 0 Å². The molecule has 0 radical (unpaired) electrons. The molecule has 0 aliphatic carbocycles. The van der Waals surface area contributed by atoms with Crippen LogP contribution < -0.4 is 0 Å². The predicted molar refractivity (Wildman–Crippen MR) is 96.6 cm³/mol. The Bertz CT molecular complexity index is 1290. The van der Waals surface area contributed by atoms with Crippen LogP contribution in [0.4, 0.5) is 0 Å². The number of hydroxylamine groups is 2. The summed E-state index contributed by atoms with van der Waals surface area (Å²) in [6.07, 6.45) is 2.97. The summed E-state index contributed by atoms with van der Waals surface area (Å²) in [4.78, 5) is 28.4. The Morgan fingerprint density at radius 1 is 0.926 bits per heavy atom. The summed E-state index contributed by atoms with van der Waals surface area (Å²) in [6, 6.07) is 11.8. The van der Waals surface area contributed by atoms with Gasteiger partial charge in [0, 0.05) is 33.6 Å². The predicted octanol–water partition coefficient (Wildman–Crippen LogP) is 3.29. The van der Waals surface area contributed by atoms with E-state index in [1.54, 1.807) is 12.3 Å². The third-order valence-corrected chi connectivity index (χ3v) is 4.75. The molecule has 0 fully saturated rings. The molecule has 0 unspecified atom stereocenters. The van der Waals surface area contributed by atoms with Crippen LogP contribution >= 0.6 is 0 Å². The van der Waals surface area contributed by atoms with Crippen molar-refractivity contribution in [3.63, 3.8) is 0 Å². The van der Waals surface area contributed by atoms with Crippen LogP contribution in [0, 0.1) is 0 Å². The standard InChI is InChI=1S/C20H12N2O5/c23-10-5-6-16-12(7-10)14(9-27-16)18-17(19(24)22(26)20(18)25)13-8-21-15-4-2-1-3-11(13)15/h1-9,21,23,26H. The van der Waals surface area contributed by atoms with E-state index in [2.05, 4.69) is 4.98 Å². The lowest BCUT2D eigenvalue weighted by molar-refractivity contribution is -0.168. The number of furan rings is 1. The first kappa shape index (κ1) is 15.4. The SMILES string of the molecule is O=C1C(c2c[nH]c3ccccc23)=C(c2coc3ccc(O)cc23)C(=O)N1O. The van der Waals surface area contributed by atoms with E-state index in [9.17, 15) is 19.9 Å². The summed E-state index contributed by atoms with van der Waals surface area (Å²) in [5.74, 6) is -1.65. The highest BCUT2D eigenvalue weighted by Crippen LogP contribution is 2.41. The lowest BCUT2D eigenvalue weighted by Gasteiger charge is -2.03. The number of phenolic OH excluding ortho intramolecular Hbond substituents is 1. The number of amides is 2. The molecule has 2 aromatic carbocycles. The molecule has 2 aromatic heterocycles. The van der Waals surface area contributed by atoms with Crippen LogP contribution in [0.15, 0.2) is 59.3 Å². The molecule has 3 heterocycles. The normalized spacial score (nSPS) is 14.9. The molecular weight excluding hydrogens is 348 g/mol. The largest absolute Gasteiger partial charge is 0.508 e. The van der Waals surface area contributed by atoms with Crippen LogP contribution in [0.3, 0.4) is 0 Å². The lowest BCUT2D eigenvalue weighted by atomic mass is 9.95. The van der Waals surface area contributed by atoms with Crippen LogP contribution in [0.1, 0.15) is 11.1 Å². The molecule has 7 nitrogen and oxygen atoms in total. The molecule has 4 aromatic rings. The Kier molecular flexibility index (Phi) is 3.04. The number of rotatable bonds is 2. The molecule has 0 saturated carbocycles. The number of nitrogens with zero attached hydrogens (tertiary/aromatic N) is 1. The van der Waals surface area contributed by atoms with Crippen molar-refractivity contribution >= 4 is 44.8 Å². The number of aromatic amines is 1. The van der Waals surface area contributed by atoms with E-state index in [0.29, 0.717) is 22.1 Å². The second-order valence-electron chi connectivity index (χ2n) is 6.25. The minimum Gasteiger partial charge on any atom is -0.508 e. The van der Waals surface area contributed by atoms with E-state index in [4.69, 9.17) is 4.42 Å². The van der Waals surface area contributed by atoms with Gasteiger partial charge in [-0.2, -0.15) is 0 Å². The van der Waals surface area contributed by atoms with Crippen molar-refractivity contribution in [3.8, 4) is 5.75 Å². The number of fused-ring (bicyclic) bond motifs is 2. The van der Waals surface area contributed by atoms with E-state index >= 15 is 0 Å². The Hall–Kier alpha value is -3.84. The third kappa shape index (κ3) is 2.06. The van der Waals surface area contributed by atoms with Crippen molar-refractivity contribution in [3.05, 3.63) is 66.1 Å². The van der Waals surface area contributed by atoms with Gasteiger partial charge in [0.1, 0.15) is 11.3 Å². The summed E-state index contributed by atoms with van der Waals surface area (Å²) in [6.45, 7) is 0. The number of aromatic nitrogens is 1. The molecule has 0 saturated heterocycles. The van der Waals surface area contributed by atoms with Crippen LogP contribution in [0.25, 0.3) is 33.0 Å². The highest BCUT2D eigenvalue weighted by molar-refractivity contribution is 6.50. The smallest absolute Gasteiger partial charge is 0.286 e. The van der Waals surface area contributed by atoms with Crippen LogP contribution in [-0.4, -0.2) is 32.2 Å². The number of nitrogens with one attached hydrogen (secondary N) is 1. The third-order valence-electron chi connectivity index (χ3n) is 4.75. The maximum atomic E-state index is 12.7. The van der Waals surface area contributed by atoms with Crippen molar-refractivity contribution in [1.82, 2.24) is 10.0 Å². The summed E-state index contributed by atoms with van der Waals surface area (Å²) in [7, 11) is 0. The number of H-pyrrole nitrogens is 1. The maximum Gasteiger partial charge on any atom is 0.286 e. The van der Waals surface area contributed by atoms with Gasteiger partial charge in [0.15, 0.2) is 0 Å². The average Bonchev–Trinajstić information content (AvgIpc) is 3.33. The van der Waals surface area contributed by atoms with Gasteiger partial charge < -0.3 is 14.5 Å². The number of hydrogen-bond acceptors (Lipinski definition) is 5. The number of carbonyl (C=O) groups is 2. The molecule has 0 atom stereocenters. The van der Waals surface area contributed by atoms with Crippen molar-refractivity contribution < 1.29 is 24.3 Å². The zero-order chi connectivity index (χ0) is 18.7. The van der Waals surface area contributed by atoms with E-state index in [-0.39, 0.29) is 22.0 Å². The number of carbonyl (C=O) groups excluding carboxylic acids is 2. The van der Waals surface area contributed by atoms with Gasteiger partial charge in [0.25, 0.3) is 11.8 Å². The Morgan fingerprint density at radius 3 is 2.48 bits per heavy atom. The van der Waals surface area contributed by atoms with Gasteiger partial charge in [-0.15, -0.1) is 5.06 Å². The zero-order valence-corrected chi connectivity index (χ0v) is 13.8. The van der Waals surface area contributed by atoms with Gasteiger partial charge in [-0.25, -0.2) is 0 Å². The number of hydrogen-bond donors (Lipinski definition) is 3. The number of benzene rings is 2. The average molecular weight is 360 g/mol. The molecule has 27 heavy (non-hydrogen) atoms. The Balaban J connectivity index is 1.86. The first-order valence-electron chi connectivity index (χ1n) is 8.15. The van der Waals surface area contributed by atoms with Crippen molar-refractivity contribution in [2.75, 3.05) is 0 Å². The van der Waals surface area contributed by atoms with Crippen LogP contribution in [0.5, 0.6) is 5.75 Å². The molecule has 5 rings (SSSR count). The van der Waals surface area contributed by atoms with Crippen LogP contribution in [0.2, 0.25) is 0 Å². The van der Waals surface area contributed by atoms with Gasteiger partial charge >= 0.3 is 0 Å². The summed E-state index contributed by atoms with van der Waals surface area (Å²) >= 11 is 0. The fourth-order valence-electron chi connectivity index (χ4n) is 3.51. The molecular formula is C20H12N2O5. The molecule has 7 heteroatoms. The zero-order valence-electron chi connectivity index (χ0n) is 13.8. The van der Waals surface area contributed by atoms with Gasteiger partial charge in [-0.05, 0) is 24.3 Å². The second kappa shape index (κ2) is 5.33. The molecule has 0 spiro atoms. The van der Waals surface area contributed by atoms with E-state index < -0.39 is 11.8 Å². The molecule has 132 valence electrons. The molecule has 1 aliphatic heterocycles. The fraction of sp³-hybridized carbons (Fsp3) is 0. The summed E-state index contributed by atoms with van der Waals surface area (Å²) in [5.41, 5.74) is 2.18. The number of imide groups is 1. The van der Waals surface area contributed by atoms with Crippen molar-refractivity contribution in [2.45, 2.75) is 0 Å². The Morgan fingerprint density at radius 2 is 1.67 bits per heavy atom. The minimum atomic E-state index is -0.841. The molecule has 0 bridgehead atoms. The van der Waals surface area contributed by atoms with E-state index in [1.165, 1.54) is 18.4 Å². The van der Waals surface area contributed by atoms with Gasteiger partial charge in [0.05, 0.1) is 17.4 Å². The highest BCUT2D eigenvalue weighted by atomic mass is 16.5. The molecule has 2 amide bonds. The maximum absolute atomic E-state index is 12.7.